The number of fused-ring (bicyclic) bond motifs is 3. The van der Waals surface area contributed by atoms with E-state index >= 15 is 0 Å². The van der Waals surface area contributed by atoms with E-state index in [-0.39, 0.29) is 6.04 Å². The number of benzene rings is 1. The number of alkyl halides is 1. The summed E-state index contributed by atoms with van der Waals surface area (Å²) in [7, 11) is 0. The van der Waals surface area contributed by atoms with Crippen molar-refractivity contribution in [3.63, 3.8) is 0 Å². The smallest absolute Gasteiger partial charge is 0.164 e. The van der Waals surface area contributed by atoms with Crippen molar-refractivity contribution in [3.05, 3.63) is 63.0 Å². The van der Waals surface area contributed by atoms with Crippen molar-refractivity contribution in [2.45, 2.75) is 31.2 Å². The molecule has 134 valence electrons. The Kier molecular flexibility index (Phi) is 4.70. The molecule has 0 unspecified atom stereocenters. The topological polar surface area (TPSA) is 69.1 Å². The van der Waals surface area contributed by atoms with Crippen LogP contribution in [0.15, 0.2) is 29.3 Å². The highest BCUT2D eigenvalue weighted by atomic mass is 127. The summed E-state index contributed by atoms with van der Waals surface area (Å²) in [4.78, 5) is 6.35. The van der Waals surface area contributed by atoms with Gasteiger partial charge in [0.25, 0.3) is 0 Å². The van der Waals surface area contributed by atoms with Gasteiger partial charge in [-0.25, -0.2) is 0 Å². The number of aryl methyl sites for hydroxylation is 2. The molecule has 1 aromatic carbocycles. The van der Waals surface area contributed by atoms with E-state index in [0.29, 0.717) is 6.54 Å². The Morgan fingerprint density at radius 2 is 1.88 bits per heavy atom. The minimum atomic E-state index is -0.199. The molecule has 1 aliphatic heterocycles. The first kappa shape index (κ1) is 17.8. The Labute approximate surface area is 170 Å². The highest BCUT2D eigenvalue weighted by Gasteiger charge is 2.30. The average Bonchev–Trinajstić information content (AvgIpc) is 3.12. The van der Waals surface area contributed by atoms with Crippen LogP contribution in [-0.2, 0) is 4.43 Å². The van der Waals surface area contributed by atoms with Crippen molar-refractivity contribution in [1.29, 1.82) is 0 Å². The molecule has 0 radical (unpaired) electrons. The predicted octanol–water partition coefficient (Wildman–Crippen LogP) is 4.04. The van der Waals surface area contributed by atoms with E-state index in [1.807, 2.05) is 6.92 Å². The van der Waals surface area contributed by atoms with Crippen LogP contribution in [0.5, 0.6) is 0 Å². The van der Waals surface area contributed by atoms with Crippen molar-refractivity contribution in [3.8, 4) is 5.00 Å². The first-order chi connectivity index (χ1) is 12.5. The van der Waals surface area contributed by atoms with Crippen molar-refractivity contribution < 1.29 is 0 Å². The van der Waals surface area contributed by atoms with Gasteiger partial charge in [0.1, 0.15) is 16.9 Å². The van der Waals surface area contributed by atoms with Gasteiger partial charge in [-0.3, -0.25) is 9.56 Å². The molecule has 0 saturated heterocycles. The van der Waals surface area contributed by atoms with E-state index in [1.54, 1.807) is 11.3 Å². The number of aromatic nitrogens is 3. The van der Waals surface area contributed by atoms with E-state index in [9.17, 15) is 0 Å². The van der Waals surface area contributed by atoms with Gasteiger partial charge in [0.05, 0.1) is 5.71 Å². The summed E-state index contributed by atoms with van der Waals surface area (Å²) in [5, 5.41) is 9.83. The second-order valence-electron chi connectivity index (χ2n) is 6.46. The minimum Gasteiger partial charge on any atom is -0.328 e. The first-order valence-corrected chi connectivity index (χ1v) is 10.8. The number of nitrogens with zero attached hydrogens (tertiary/aromatic N) is 4. The Morgan fingerprint density at radius 1 is 1.15 bits per heavy atom. The van der Waals surface area contributed by atoms with Crippen LogP contribution in [0.25, 0.3) is 5.00 Å². The van der Waals surface area contributed by atoms with Gasteiger partial charge in [0.2, 0.25) is 0 Å². The third kappa shape index (κ3) is 2.73. The zero-order valence-corrected chi connectivity index (χ0v) is 17.9. The Morgan fingerprint density at radius 3 is 2.54 bits per heavy atom. The zero-order chi connectivity index (χ0) is 18.4. The van der Waals surface area contributed by atoms with E-state index in [4.69, 9.17) is 10.7 Å². The zero-order valence-electron chi connectivity index (χ0n) is 15.0. The van der Waals surface area contributed by atoms with Gasteiger partial charge in [-0.05, 0) is 31.9 Å². The van der Waals surface area contributed by atoms with Gasteiger partial charge in [-0.1, -0.05) is 46.9 Å². The average molecular weight is 477 g/mol. The van der Waals surface area contributed by atoms with Crippen LogP contribution in [0.2, 0.25) is 0 Å². The van der Waals surface area contributed by atoms with E-state index in [0.717, 1.165) is 32.4 Å². The number of thiophene rings is 1. The Hall–Kier alpha value is -1.58. The van der Waals surface area contributed by atoms with Gasteiger partial charge in [0.15, 0.2) is 5.82 Å². The molecule has 0 bridgehead atoms. The minimum absolute atomic E-state index is 0.199. The third-order valence-electron chi connectivity index (χ3n) is 4.84. The maximum Gasteiger partial charge on any atom is 0.164 e. The Balaban J connectivity index is 2.01. The van der Waals surface area contributed by atoms with E-state index < -0.39 is 0 Å². The maximum absolute atomic E-state index is 6.07. The number of aliphatic imine (C=N–C) groups is 1. The molecule has 2 N–H and O–H groups in total. The third-order valence-corrected chi connectivity index (χ3v) is 6.92. The van der Waals surface area contributed by atoms with Gasteiger partial charge in [-0.15, -0.1) is 21.5 Å². The lowest BCUT2D eigenvalue weighted by atomic mass is 9.99. The summed E-state index contributed by atoms with van der Waals surface area (Å²) < 4.78 is 3.13. The van der Waals surface area contributed by atoms with Crippen LogP contribution in [0.4, 0.5) is 0 Å². The molecule has 0 fully saturated rings. The van der Waals surface area contributed by atoms with Crippen molar-refractivity contribution >= 4 is 39.6 Å². The molecular weight excluding hydrogens is 457 g/mol. The second kappa shape index (κ2) is 6.86. The molecule has 1 atom stereocenters. The standard InChI is InChI=1S/C19H20IN5S/c1-10-11(2)26-19-16(10)17(14-6-4-13(8-20)5-7-14)22-15(9-21)18-24-23-12(3)25(18)19/h4-7,15H,8-9,21H2,1-3H3/t15-/m0/s1. The molecule has 1 aliphatic rings. The van der Waals surface area contributed by atoms with Crippen LogP contribution < -0.4 is 5.73 Å². The molecule has 5 nitrogen and oxygen atoms in total. The summed E-state index contributed by atoms with van der Waals surface area (Å²) >= 11 is 4.15. The number of nitrogens with two attached hydrogens (primary N) is 1. The van der Waals surface area contributed by atoms with Gasteiger partial charge in [0, 0.05) is 27.0 Å². The lowest BCUT2D eigenvalue weighted by molar-refractivity contribution is 0.671. The van der Waals surface area contributed by atoms with Crippen LogP contribution in [0, 0.1) is 20.8 Å². The number of hydrogen-bond acceptors (Lipinski definition) is 5. The number of halogens is 1. The molecular formula is C19H20IN5S. The molecule has 0 spiro atoms. The SMILES string of the molecule is Cc1sc2c(c1C)C(c1ccc(CI)cc1)=N[C@@H](CN)c1nnc(C)n1-2. The summed E-state index contributed by atoms with van der Waals surface area (Å²) in [6.45, 7) is 6.71. The quantitative estimate of drug-likeness (QED) is 0.458. The van der Waals surface area contributed by atoms with Crippen molar-refractivity contribution in [2.24, 2.45) is 10.7 Å². The van der Waals surface area contributed by atoms with E-state index in [2.05, 4.69) is 75.5 Å². The van der Waals surface area contributed by atoms with Gasteiger partial charge < -0.3 is 5.73 Å². The molecule has 7 heteroatoms. The lowest BCUT2D eigenvalue weighted by Gasteiger charge is -2.10. The predicted molar refractivity (Wildman–Crippen MR) is 115 cm³/mol. The number of rotatable bonds is 3. The molecule has 0 amide bonds. The summed E-state index contributed by atoms with van der Waals surface area (Å²) in [6.07, 6.45) is 0. The highest BCUT2D eigenvalue weighted by molar-refractivity contribution is 14.1. The Bertz CT molecular complexity index is 1000. The largest absolute Gasteiger partial charge is 0.328 e. The molecule has 0 saturated carbocycles. The molecule has 3 heterocycles. The molecule has 4 rings (SSSR count). The fourth-order valence-electron chi connectivity index (χ4n) is 3.30. The fraction of sp³-hybridized carbons (Fsp3) is 0.316. The molecule has 0 aliphatic carbocycles. The van der Waals surface area contributed by atoms with Gasteiger partial charge in [-0.2, -0.15) is 0 Å². The van der Waals surface area contributed by atoms with Crippen molar-refractivity contribution in [2.75, 3.05) is 6.54 Å². The number of hydrogen-bond donors (Lipinski definition) is 1. The summed E-state index contributed by atoms with van der Waals surface area (Å²) in [6, 6.07) is 8.47. The molecule has 3 aromatic rings. The monoisotopic (exact) mass is 477 g/mol. The summed E-state index contributed by atoms with van der Waals surface area (Å²) in [5.74, 6) is 1.70. The summed E-state index contributed by atoms with van der Waals surface area (Å²) in [5.41, 5.74) is 11.9. The van der Waals surface area contributed by atoms with Gasteiger partial charge >= 0.3 is 0 Å². The fourth-order valence-corrected chi connectivity index (χ4v) is 5.02. The highest BCUT2D eigenvalue weighted by Crippen LogP contribution is 2.38. The lowest BCUT2D eigenvalue weighted by Crippen LogP contribution is -2.15. The first-order valence-electron chi connectivity index (χ1n) is 8.51. The second-order valence-corrected chi connectivity index (χ2v) is 8.43. The van der Waals surface area contributed by atoms with Crippen LogP contribution in [0.3, 0.4) is 0 Å². The van der Waals surface area contributed by atoms with Crippen LogP contribution >= 0.6 is 33.9 Å². The normalized spacial score (nSPS) is 16.0. The molecule has 26 heavy (non-hydrogen) atoms. The van der Waals surface area contributed by atoms with Crippen LogP contribution in [0.1, 0.15) is 44.8 Å². The van der Waals surface area contributed by atoms with Crippen LogP contribution in [-0.4, -0.2) is 27.0 Å². The molecule has 2 aromatic heterocycles. The maximum atomic E-state index is 6.07. The van der Waals surface area contributed by atoms with E-state index in [1.165, 1.54) is 21.6 Å². The van der Waals surface area contributed by atoms with Crippen molar-refractivity contribution in [1.82, 2.24) is 14.8 Å².